The molecule has 0 amide bonds. The number of ether oxygens (including phenoxy) is 2. The Morgan fingerprint density at radius 1 is 0.970 bits per heavy atom. The largest absolute Gasteiger partial charge is 0.493 e. The first-order valence-corrected chi connectivity index (χ1v) is 10.8. The van der Waals surface area contributed by atoms with Crippen molar-refractivity contribution in [1.29, 1.82) is 5.26 Å². The van der Waals surface area contributed by atoms with Crippen molar-refractivity contribution in [3.05, 3.63) is 95.1 Å². The number of anilines is 1. The molecule has 1 aliphatic rings. The summed E-state index contributed by atoms with van der Waals surface area (Å²) in [6.07, 6.45) is 14.3. The van der Waals surface area contributed by atoms with E-state index in [2.05, 4.69) is 46.3 Å². The highest BCUT2D eigenvalue weighted by atomic mass is 16.5. The van der Waals surface area contributed by atoms with Gasteiger partial charge in [-0.3, -0.25) is 4.99 Å². The lowest BCUT2D eigenvalue weighted by Crippen LogP contribution is -2.15. The minimum atomic E-state index is 0.518. The number of hydrogen-bond donors (Lipinski definition) is 0. The number of allylic oxidation sites excluding steroid dienone is 7. The second-order valence-electron chi connectivity index (χ2n) is 7.65. The molecule has 5 nitrogen and oxygen atoms in total. The van der Waals surface area contributed by atoms with Crippen LogP contribution in [-0.4, -0.2) is 40.6 Å². The van der Waals surface area contributed by atoms with Gasteiger partial charge in [-0.2, -0.15) is 5.26 Å². The summed E-state index contributed by atoms with van der Waals surface area (Å²) >= 11 is 0. The molecule has 0 saturated carbocycles. The van der Waals surface area contributed by atoms with Gasteiger partial charge in [0.05, 0.1) is 25.5 Å². The lowest BCUT2D eigenvalue weighted by Gasteiger charge is -2.19. The number of methoxy groups -OCH3 is 2. The summed E-state index contributed by atoms with van der Waals surface area (Å²) in [6.45, 7) is 0.640. The van der Waals surface area contributed by atoms with Crippen LogP contribution in [0.3, 0.4) is 0 Å². The third-order valence-electron chi connectivity index (χ3n) is 5.30. The molecule has 0 aliphatic carbocycles. The fourth-order valence-corrected chi connectivity index (χ4v) is 3.52. The topological polar surface area (TPSA) is 57.9 Å². The van der Waals surface area contributed by atoms with E-state index < -0.39 is 0 Å². The van der Waals surface area contributed by atoms with Crippen molar-refractivity contribution in [2.75, 3.05) is 39.8 Å². The molecule has 2 aromatic carbocycles. The van der Waals surface area contributed by atoms with E-state index in [-0.39, 0.29) is 0 Å². The average Bonchev–Trinajstić information content (AvgIpc) is 2.84. The SMILES string of the molecule is COc1cc2c(cc1OC)C(/C(C#N)=C/C=C/C=C/C=C/c1ccc(N(C)C)cc1)=NCC2. The number of aliphatic imine (C=N–C) groups is 1. The van der Waals surface area contributed by atoms with E-state index in [1.165, 1.54) is 5.69 Å². The summed E-state index contributed by atoms with van der Waals surface area (Å²) in [7, 11) is 7.28. The predicted molar refractivity (Wildman–Crippen MR) is 136 cm³/mol. The fourth-order valence-electron chi connectivity index (χ4n) is 3.52. The van der Waals surface area contributed by atoms with Crippen LogP contribution in [0.15, 0.2) is 83.4 Å². The Balaban J connectivity index is 1.69. The van der Waals surface area contributed by atoms with Crippen molar-refractivity contribution >= 4 is 17.5 Å². The maximum Gasteiger partial charge on any atom is 0.161 e. The summed E-state index contributed by atoms with van der Waals surface area (Å²) in [4.78, 5) is 6.69. The summed E-state index contributed by atoms with van der Waals surface area (Å²) < 4.78 is 10.8. The Morgan fingerprint density at radius 2 is 1.64 bits per heavy atom. The van der Waals surface area contributed by atoms with Crippen LogP contribution in [0.25, 0.3) is 6.08 Å². The lowest BCUT2D eigenvalue weighted by molar-refractivity contribution is 0.354. The van der Waals surface area contributed by atoms with E-state index in [4.69, 9.17) is 9.47 Å². The van der Waals surface area contributed by atoms with Crippen molar-refractivity contribution in [2.45, 2.75) is 6.42 Å². The third-order valence-corrected chi connectivity index (χ3v) is 5.30. The van der Waals surface area contributed by atoms with Gasteiger partial charge in [-0.1, -0.05) is 48.6 Å². The second-order valence-corrected chi connectivity index (χ2v) is 7.65. The highest BCUT2D eigenvalue weighted by Crippen LogP contribution is 2.33. The van der Waals surface area contributed by atoms with Gasteiger partial charge >= 0.3 is 0 Å². The molecule has 1 aliphatic heterocycles. The molecule has 0 spiro atoms. The lowest BCUT2D eigenvalue weighted by atomic mass is 9.92. The molecule has 0 fully saturated rings. The Kier molecular flexibility index (Phi) is 8.26. The highest BCUT2D eigenvalue weighted by molar-refractivity contribution is 6.16. The molecular formula is C28H29N3O2. The van der Waals surface area contributed by atoms with Crippen LogP contribution in [0.4, 0.5) is 5.69 Å². The minimum absolute atomic E-state index is 0.518. The van der Waals surface area contributed by atoms with Crippen LogP contribution >= 0.6 is 0 Å². The van der Waals surface area contributed by atoms with Gasteiger partial charge in [-0.25, -0.2) is 0 Å². The minimum Gasteiger partial charge on any atom is -0.493 e. The molecule has 1 heterocycles. The predicted octanol–water partition coefficient (Wildman–Crippen LogP) is 5.39. The molecule has 0 radical (unpaired) electrons. The Labute approximate surface area is 196 Å². The normalized spacial score (nSPS) is 13.8. The van der Waals surface area contributed by atoms with Crippen molar-refractivity contribution in [3.63, 3.8) is 0 Å². The first kappa shape index (κ1) is 23.6. The zero-order valence-corrected chi connectivity index (χ0v) is 19.6. The smallest absolute Gasteiger partial charge is 0.161 e. The monoisotopic (exact) mass is 439 g/mol. The second kappa shape index (κ2) is 11.5. The number of nitriles is 1. The van der Waals surface area contributed by atoms with Gasteiger partial charge in [-0.15, -0.1) is 0 Å². The van der Waals surface area contributed by atoms with Crippen molar-refractivity contribution < 1.29 is 9.47 Å². The van der Waals surface area contributed by atoms with Crippen LogP contribution in [0.2, 0.25) is 0 Å². The van der Waals surface area contributed by atoms with Gasteiger partial charge < -0.3 is 14.4 Å². The molecule has 3 rings (SSSR count). The Hall–Kier alpha value is -4.04. The Morgan fingerprint density at radius 3 is 2.30 bits per heavy atom. The van der Waals surface area contributed by atoms with Crippen LogP contribution < -0.4 is 14.4 Å². The highest BCUT2D eigenvalue weighted by Gasteiger charge is 2.20. The first-order valence-electron chi connectivity index (χ1n) is 10.8. The van der Waals surface area contributed by atoms with Crippen LogP contribution in [-0.2, 0) is 6.42 Å². The Bertz CT molecular complexity index is 1160. The molecule has 168 valence electrons. The number of hydrogen-bond acceptors (Lipinski definition) is 5. The van der Waals surface area contributed by atoms with Gasteiger partial charge in [-0.05, 0) is 47.9 Å². The summed E-state index contributed by atoms with van der Waals surface area (Å²) in [6, 6.07) is 14.5. The number of benzene rings is 2. The molecule has 0 N–H and O–H groups in total. The van der Waals surface area contributed by atoms with Gasteiger partial charge in [0.1, 0.15) is 6.07 Å². The molecule has 5 heteroatoms. The summed E-state index contributed by atoms with van der Waals surface area (Å²) in [5.41, 5.74) is 5.54. The van der Waals surface area contributed by atoms with E-state index in [1.807, 2.05) is 56.6 Å². The number of nitrogens with zero attached hydrogens (tertiary/aromatic N) is 3. The molecule has 0 bridgehead atoms. The van der Waals surface area contributed by atoms with E-state index in [9.17, 15) is 5.26 Å². The van der Waals surface area contributed by atoms with E-state index in [0.29, 0.717) is 29.3 Å². The zero-order chi connectivity index (χ0) is 23.6. The van der Waals surface area contributed by atoms with Crippen molar-refractivity contribution in [2.24, 2.45) is 4.99 Å². The average molecular weight is 440 g/mol. The number of fused-ring (bicyclic) bond motifs is 1. The summed E-state index contributed by atoms with van der Waals surface area (Å²) in [5, 5.41) is 9.73. The van der Waals surface area contributed by atoms with Crippen LogP contribution in [0.1, 0.15) is 16.7 Å². The van der Waals surface area contributed by atoms with E-state index in [0.717, 1.165) is 23.1 Å². The quantitative estimate of drug-likeness (QED) is 0.409. The van der Waals surface area contributed by atoms with Crippen molar-refractivity contribution in [3.8, 4) is 17.6 Å². The number of rotatable bonds is 8. The maximum absolute atomic E-state index is 9.73. The van der Waals surface area contributed by atoms with E-state index >= 15 is 0 Å². The molecule has 0 unspecified atom stereocenters. The van der Waals surface area contributed by atoms with Crippen LogP contribution in [0.5, 0.6) is 11.5 Å². The van der Waals surface area contributed by atoms with Gasteiger partial charge in [0, 0.05) is 31.9 Å². The molecule has 0 saturated heterocycles. The van der Waals surface area contributed by atoms with Gasteiger partial charge in [0.25, 0.3) is 0 Å². The molecular weight excluding hydrogens is 410 g/mol. The maximum atomic E-state index is 9.73. The fraction of sp³-hybridized carbons (Fsp3) is 0.214. The molecule has 2 aromatic rings. The van der Waals surface area contributed by atoms with Crippen LogP contribution in [0, 0.1) is 11.3 Å². The van der Waals surface area contributed by atoms with Gasteiger partial charge in [0.15, 0.2) is 11.5 Å². The molecule has 0 atom stereocenters. The van der Waals surface area contributed by atoms with Gasteiger partial charge in [0.2, 0.25) is 0 Å². The summed E-state index contributed by atoms with van der Waals surface area (Å²) in [5.74, 6) is 1.32. The van der Waals surface area contributed by atoms with E-state index in [1.54, 1.807) is 20.3 Å². The molecule has 33 heavy (non-hydrogen) atoms. The molecule has 0 aromatic heterocycles. The third kappa shape index (κ3) is 6.02. The van der Waals surface area contributed by atoms with Crippen molar-refractivity contribution in [1.82, 2.24) is 0 Å². The zero-order valence-electron chi connectivity index (χ0n) is 19.6. The standard InChI is InChI=1S/C28H29N3O2/c1-31(2)24-14-12-21(13-15-24)10-8-6-5-7-9-11-23(20-29)28-25-19-27(33-4)26(32-3)18-22(25)16-17-30-28/h5-15,18-19H,16-17H2,1-4H3/b6-5+,9-7+,10-8+,23-11+. The first-order chi connectivity index (χ1) is 16.1.